The Kier molecular flexibility index (Phi) is 8.89. The van der Waals surface area contributed by atoms with Gasteiger partial charge in [0.05, 0.1) is 11.0 Å². The smallest absolute Gasteiger partial charge is 0.152 e. The minimum atomic E-state index is -2.77. The molecule has 0 spiro atoms. The number of sulfone groups is 2. The van der Waals surface area contributed by atoms with E-state index < -0.39 is 19.7 Å². The van der Waals surface area contributed by atoms with Crippen LogP contribution < -0.4 is 0 Å². The van der Waals surface area contributed by atoms with Gasteiger partial charge in [-0.05, 0) is 33.6 Å². The fourth-order valence-electron chi connectivity index (χ4n) is 2.73. The van der Waals surface area contributed by atoms with Crippen molar-refractivity contribution in [2.75, 3.05) is 44.4 Å². The van der Waals surface area contributed by atoms with E-state index >= 15 is 0 Å². The molecule has 2 fully saturated rings. The summed E-state index contributed by atoms with van der Waals surface area (Å²) >= 11 is 0. The summed E-state index contributed by atoms with van der Waals surface area (Å²) in [5, 5.41) is -0.107. The lowest BCUT2D eigenvalue weighted by Gasteiger charge is -2.41. The topological polar surface area (TPSA) is 74.8 Å². The van der Waals surface area contributed by atoms with Gasteiger partial charge in [0.1, 0.15) is 9.84 Å². The molecule has 2 saturated heterocycles. The molecule has 6 nitrogen and oxygen atoms in total. The molecule has 2 aliphatic rings. The zero-order valence-corrected chi connectivity index (χ0v) is 16.8. The van der Waals surface area contributed by atoms with Crippen molar-refractivity contribution in [3.63, 3.8) is 0 Å². The average Bonchev–Trinajstić information content (AvgIpc) is 2.16. The number of rotatable bonds is 5. The lowest BCUT2D eigenvalue weighted by molar-refractivity contribution is 0.0804. The fraction of sp³-hybridized carbons (Fsp3) is 1.00. The van der Waals surface area contributed by atoms with Crippen LogP contribution in [0.15, 0.2) is 0 Å². The molecular formula is C16H36N2O4S2. The molecular weight excluding hydrogens is 348 g/mol. The van der Waals surface area contributed by atoms with Crippen LogP contribution in [0.25, 0.3) is 0 Å². The molecule has 0 unspecified atom stereocenters. The van der Waals surface area contributed by atoms with Gasteiger partial charge < -0.3 is 4.90 Å². The van der Waals surface area contributed by atoms with E-state index in [9.17, 15) is 16.8 Å². The summed E-state index contributed by atoms with van der Waals surface area (Å²) in [7, 11) is -5.53. The van der Waals surface area contributed by atoms with E-state index in [4.69, 9.17) is 0 Å². The fourth-order valence-corrected chi connectivity index (χ4v) is 4.72. The molecule has 0 bridgehead atoms. The number of hydrogen-bond acceptors (Lipinski definition) is 6. The Hall–Kier alpha value is -0.180. The highest BCUT2D eigenvalue weighted by Crippen LogP contribution is 2.19. The quantitative estimate of drug-likeness (QED) is 0.707. The normalized spacial score (nSPS) is 20.8. The van der Waals surface area contributed by atoms with Crippen molar-refractivity contribution in [2.45, 2.75) is 52.5 Å². The second-order valence-electron chi connectivity index (χ2n) is 7.51. The number of nitrogens with zero attached hydrogens (tertiary/aromatic N) is 2. The van der Waals surface area contributed by atoms with Gasteiger partial charge in [0.2, 0.25) is 0 Å². The Balaban J connectivity index is 0.000000425. The second-order valence-corrected chi connectivity index (χ2v) is 12.0. The Labute approximate surface area is 149 Å². The van der Waals surface area contributed by atoms with Gasteiger partial charge in [-0.1, -0.05) is 7.43 Å². The lowest BCUT2D eigenvalue weighted by atomic mass is 10.0. The first-order valence-corrected chi connectivity index (χ1v) is 12.2. The molecule has 0 aromatic heterocycles. The molecule has 2 aliphatic heterocycles. The zero-order valence-electron chi connectivity index (χ0n) is 15.2. The van der Waals surface area contributed by atoms with Crippen molar-refractivity contribution in [3.8, 4) is 0 Å². The molecule has 0 aliphatic carbocycles. The largest absolute Gasteiger partial charge is 0.300 e. The highest BCUT2D eigenvalue weighted by molar-refractivity contribution is 7.91. The van der Waals surface area contributed by atoms with Gasteiger partial charge in [0.25, 0.3) is 0 Å². The van der Waals surface area contributed by atoms with Crippen molar-refractivity contribution in [1.82, 2.24) is 9.80 Å². The van der Waals surface area contributed by atoms with Gasteiger partial charge in [0.15, 0.2) is 9.84 Å². The number of hydrogen-bond donors (Lipinski definition) is 0. The lowest BCUT2D eigenvalue weighted by Crippen LogP contribution is -2.56. The van der Waals surface area contributed by atoms with E-state index in [1.807, 2.05) is 0 Å². The Morgan fingerprint density at radius 2 is 1.21 bits per heavy atom. The van der Waals surface area contributed by atoms with Crippen LogP contribution in [0.4, 0.5) is 0 Å². The summed E-state index contributed by atoms with van der Waals surface area (Å²) in [6.07, 6.45) is 2.63. The van der Waals surface area contributed by atoms with E-state index in [2.05, 4.69) is 37.5 Å². The van der Waals surface area contributed by atoms with Crippen LogP contribution in [0.2, 0.25) is 0 Å². The van der Waals surface area contributed by atoms with E-state index in [-0.39, 0.29) is 12.7 Å². The molecule has 0 amide bonds. The number of likely N-dealkylation sites (tertiary alicyclic amines) is 2. The van der Waals surface area contributed by atoms with Crippen LogP contribution in [-0.4, -0.2) is 88.4 Å². The van der Waals surface area contributed by atoms with E-state index in [0.717, 1.165) is 26.2 Å². The predicted octanol–water partition coefficient (Wildman–Crippen LogP) is 1.13. The summed E-state index contributed by atoms with van der Waals surface area (Å²) in [5.41, 5.74) is 0. The molecule has 8 heteroatoms. The first-order chi connectivity index (χ1) is 10.3. The predicted molar refractivity (Wildman–Crippen MR) is 102 cm³/mol. The van der Waals surface area contributed by atoms with Gasteiger partial charge in [-0.3, -0.25) is 4.90 Å². The van der Waals surface area contributed by atoms with Crippen molar-refractivity contribution in [2.24, 2.45) is 5.92 Å². The second kappa shape index (κ2) is 8.96. The molecule has 24 heavy (non-hydrogen) atoms. The van der Waals surface area contributed by atoms with Crippen LogP contribution in [0.3, 0.4) is 0 Å². The monoisotopic (exact) mass is 384 g/mol. The van der Waals surface area contributed by atoms with Gasteiger partial charge in [-0.25, -0.2) is 16.8 Å². The Bertz CT molecular complexity index is 573. The zero-order chi connectivity index (χ0) is 18.0. The minimum absolute atomic E-state index is 0. The molecule has 2 rings (SSSR count). The van der Waals surface area contributed by atoms with E-state index in [0.29, 0.717) is 23.8 Å². The highest BCUT2D eigenvalue weighted by Gasteiger charge is 2.35. The molecule has 0 radical (unpaired) electrons. The van der Waals surface area contributed by atoms with E-state index in [1.165, 1.54) is 12.5 Å². The summed E-state index contributed by atoms with van der Waals surface area (Å²) in [6, 6.07) is 1.04. The molecule has 2 heterocycles. The summed E-state index contributed by atoms with van der Waals surface area (Å²) in [6.45, 7) is 11.8. The third-order valence-corrected chi connectivity index (χ3v) is 7.05. The summed E-state index contributed by atoms with van der Waals surface area (Å²) in [4.78, 5) is 4.45. The molecule has 0 aromatic carbocycles. The Morgan fingerprint density at radius 3 is 1.50 bits per heavy atom. The SMILES string of the molecule is C.CC(C)N1CC(CS(C)(=O)=O)C1.CC(C)N1CC(S(C)(=O)=O)C1. The van der Waals surface area contributed by atoms with Crippen molar-refractivity contribution >= 4 is 19.7 Å². The van der Waals surface area contributed by atoms with Gasteiger partial charge in [-0.2, -0.15) is 0 Å². The standard InChI is InChI=1S/C8H17NO2S.C7H15NO2S.CH4/c1-7(2)9-4-8(5-9)6-12(3,10)11;1-6(2)8-4-7(5-8)11(3,9)10;/h7-8H,4-6H2,1-3H3;6-7H,4-5H2,1-3H3;1H4. The molecule has 0 aromatic rings. The van der Waals surface area contributed by atoms with Crippen LogP contribution in [0.1, 0.15) is 35.1 Å². The van der Waals surface area contributed by atoms with Crippen molar-refractivity contribution in [3.05, 3.63) is 0 Å². The highest BCUT2D eigenvalue weighted by atomic mass is 32.2. The third-order valence-electron chi connectivity index (χ3n) is 4.47. The first-order valence-electron chi connectivity index (χ1n) is 8.14. The van der Waals surface area contributed by atoms with Crippen LogP contribution in [0, 0.1) is 5.92 Å². The van der Waals surface area contributed by atoms with Crippen LogP contribution in [0.5, 0.6) is 0 Å². The minimum Gasteiger partial charge on any atom is -0.300 e. The first kappa shape index (κ1) is 23.8. The molecule has 0 saturated carbocycles. The molecule has 0 atom stereocenters. The maximum Gasteiger partial charge on any atom is 0.152 e. The van der Waals surface area contributed by atoms with Crippen molar-refractivity contribution < 1.29 is 16.8 Å². The van der Waals surface area contributed by atoms with Gasteiger partial charge in [0, 0.05) is 50.8 Å². The van der Waals surface area contributed by atoms with Crippen LogP contribution in [-0.2, 0) is 19.7 Å². The van der Waals surface area contributed by atoms with Gasteiger partial charge >= 0.3 is 0 Å². The van der Waals surface area contributed by atoms with E-state index in [1.54, 1.807) is 0 Å². The Morgan fingerprint density at radius 1 is 0.833 bits per heavy atom. The maximum atomic E-state index is 11.0. The molecule has 0 N–H and O–H groups in total. The summed E-state index contributed by atoms with van der Waals surface area (Å²) in [5.74, 6) is 0.735. The molecule has 146 valence electrons. The third kappa shape index (κ3) is 7.80. The van der Waals surface area contributed by atoms with Crippen LogP contribution >= 0.6 is 0 Å². The maximum absolute atomic E-state index is 11.0. The summed E-state index contributed by atoms with van der Waals surface area (Å²) < 4.78 is 43.7. The van der Waals surface area contributed by atoms with Gasteiger partial charge in [-0.15, -0.1) is 0 Å². The average molecular weight is 385 g/mol. The van der Waals surface area contributed by atoms with Crippen molar-refractivity contribution in [1.29, 1.82) is 0 Å².